The number of hydrogen-bond donors (Lipinski definition) is 2. The second-order valence-electron chi connectivity index (χ2n) is 4.91. The predicted octanol–water partition coefficient (Wildman–Crippen LogP) is 3.30. The summed E-state index contributed by atoms with van der Waals surface area (Å²) >= 11 is 0. The summed E-state index contributed by atoms with van der Waals surface area (Å²) in [7, 11) is 1.44. The van der Waals surface area contributed by atoms with Crippen molar-refractivity contribution in [3.05, 3.63) is 27.8 Å². The van der Waals surface area contributed by atoms with E-state index in [1.165, 1.54) is 11.9 Å². The van der Waals surface area contributed by atoms with Gasteiger partial charge in [-0.25, -0.2) is 4.79 Å². The Morgan fingerprint density at radius 3 is 2.45 bits per heavy atom. The topological polar surface area (TPSA) is 95.7 Å². The maximum Gasteiger partial charge on any atom is 0.418 e. The Morgan fingerprint density at radius 1 is 1.45 bits per heavy atom. The molecule has 1 saturated carbocycles. The van der Waals surface area contributed by atoms with Gasteiger partial charge in [0.05, 0.1) is 16.2 Å². The van der Waals surface area contributed by atoms with Gasteiger partial charge in [0.1, 0.15) is 5.69 Å². The summed E-state index contributed by atoms with van der Waals surface area (Å²) in [5, 5.41) is 21.4. The van der Waals surface area contributed by atoms with Crippen LogP contribution < -0.4 is 10.2 Å². The van der Waals surface area contributed by atoms with Gasteiger partial charge in [-0.2, -0.15) is 13.2 Å². The van der Waals surface area contributed by atoms with Crippen LogP contribution in [0.2, 0.25) is 0 Å². The fourth-order valence-electron chi connectivity index (χ4n) is 2.12. The Bertz CT molecular complexity index is 629. The number of amides is 1. The molecule has 1 amide bonds. The summed E-state index contributed by atoms with van der Waals surface area (Å²) in [5.41, 5.74) is -2.88. The first-order valence-electron chi connectivity index (χ1n) is 6.23. The Hall–Kier alpha value is -2.52. The molecule has 0 bridgehead atoms. The smallest absolute Gasteiger partial charge is 0.418 e. The van der Waals surface area contributed by atoms with Crippen molar-refractivity contribution < 1.29 is 28.0 Å². The van der Waals surface area contributed by atoms with Gasteiger partial charge in [-0.15, -0.1) is 0 Å². The number of nitrogens with one attached hydrogen (secondary N) is 1. The number of carboxylic acid groups (broad SMARTS) is 1. The van der Waals surface area contributed by atoms with E-state index in [2.05, 4.69) is 0 Å². The number of hydrogen-bond acceptors (Lipinski definition) is 4. The fourth-order valence-corrected chi connectivity index (χ4v) is 2.12. The third-order valence-corrected chi connectivity index (χ3v) is 3.33. The summed E-state index contributed by atoms with van der Waals surface area (Å²) in [6.07, 6.45) is -4.95. The third kappa shape index (κ3) is 3.21. The molecule has 2 rings (SSSR count). The second kappa shape index (κ2) is 5.35. The van der Waals surface area contributed by atoms with E-state index in [4.69, 9.17) is 5.11 Å². The molecule has 10 heteroatoms. The molecule has 2 N–H and O–H groups in total. The van der Waals surface area contributed by atoms with Crippen LogP contribution >= 0.6 is 0 Å². The van der Waals surface area contributed by atoms with Crippen LogP contribution in [-0.4, -0.2) is 29.2 Å². The zero-order chi connectivity index (χ0) is 16.7. The van der Waals surface area contributed by atoms with Gasteiger partial charge in [0.2, 0.25) is 0 Å². The van der Waals surface area contributed by atoms with Crippen molar-refractivity contribution in [1.29, 1.82) is 0 Å². The van der Waals surface area contributed by atoms with Gasteiger partial charge >= 0.3 is 12.3 Å². The van der Waals surface area contributed by atoms with E-state index in [-0.39, 0.29) is 11.7 Å². The Labute approximate surface area is 122 Å². The lowest BCUT2D eigenvalue weighted by atomic mass is 10.1. The molecular weight excluding hydrogens is 307 g/mol. The average Bonchev–Trinajstić information content (AvgIpc) is 3.19. The van der Waals surface area contributed by atoms with Gasteiger partial charge in [-0.05, 0) is 18.9 Å². The van der Waals surface area contributed by atoms with Gasteiger partial charge in [-0.1, -0.05) is 0 Å². The normalized spacial score (nSPS) is 14.5. The minimum absolute atomic E-state index is 0.0831. The molecule has 0 saturated heterocycles. The molecule has 1 fully saturated rings. The lowest BCUT2D eigenvalue weighted by molar-refractivity contribution is -0.384. The molecule has 0 spiro atoms. The maximum absolute atomic E-state index is 13.1. The molecular formula is C12H12F3N3O4. The number of alkyl halides is 3. The molecule has 1 aliphatic rings. The minimum atomic E-state index is -4.79. The van der Waals surface area contributed by atoms with Crippen LogP contribution in [0.4, 0.5) is 35.0 Å². The van der Waals surface area contributed by atoms with Gasteiger partial charge < -0.3 is 10.0 Å². The van der Waals surface area contributed by atoms with E-state index in [0.29, 0.717) is 18.9 Å². The van der Waals surface area contributed by atoms with Crippen LogP contribution in [0, 0.1) is 10.1 Å². The lowest BCUT2D eigenvalue weighted by Crippen LogP contribution is -2.24. The number of benzene rings is 1. The highest BCUT2D eigenvalue weighted by molar-refractivity contribution is 5.88. The molecule has 0 heterocycles. The maximum atomic E-state index is 13.1. The van der Waals surface area contributed by atoms with Gasteiger partial charge in [0.25, 0.3) is 5.69 Å². The van der Waals surface area contributed by atoms with E-state index < -0.39 is 34.1 Å². The van der Waals surface area contributed by atoms with Crippen LogP contribution in [0.15, 0.2) is 12.1 Å². The standard InChI is InChI=1S/C12H12F3N3O4/c1-17(6-2-3-6)9-5-8(16-11(19)20)10(18(21)22)4-7(9)12(13,14)15/h4-6,16H,2-3H2,1H3,(H,19,20). The predicted molar refractivity (Wildman–Crippen MR) is 71.2 cm³/mol. The van der Waals surface area contributed by atoms with E-state index in [1.54, 1.807) is 5.32 Å². The Kier molecular flexibility index (Phi) is 3.86. The summed E-state index contributed by atoms with van der Waals surface area (Å²) in [5.74, 6) is 0. The number of nitrogens with zero attached hydrogens (tertiary/aromatic N) is 2. The number of halogens is 3. The van der Waals surface area contributed by atoms with Crippen LogP contribution in [0.3, 0.4) is 0 Å². The van der Waals surface area contributed by atoms with E-state index >= 15 is 0 Å². The van der Waals surface area contributed by atoms with Gasteiger partial charge in [-0.3, -0.25) is 15.4 Å². The zero-order valence-electron chi connectivity index (χ0n) is 11.3. The molecule has 120 valence electrons. The first kappa shape index (κ1) is 15.9. The van der Waals surface area contributed by atoms with E-state index in [1.807, 2.05) is 0 Å². The monoisotopic (exact) mass is 319 g/mol. The first-order valence-corrected chi connectivity index (χ1v) is 6.23. The van der Waals surface area contributed by atoms with Gasteiger partial charge in [0.15, 0.2) is 0 Å². The highest BCUT2D eigenvalue weighted by Gasteiger charge is 2.40. The molecule has 0 atom stereocenters. The largest absolute Gasteiger partial charge is 0.465 e. The summed E-state index contributed by atoms with van der Waals surface area (Å²) < 4.78 is 39.4. The van der Waals surface area contributed by atoms with E-state index in [9.17, 15) is 28.1 Å². The Morgan fingerprint density at radius 2 is 2.05 bits per heavy atom. The van der Waals surface area contributed by atoms with Gasteiger partial charge in [0, 0.05) is 19.2 Å². The summed E-state index contributed by atoms with van der Waals surface area (Å²) in [4.78, 5) is 21.9. The highest BCUT2D eigenvalue weighted by Crippen LogP contribution is 2.44. The van der Waals surface area contributed by atoms with Crippen molar-refractivity contribution in [3.63, 3.8) is 0 Å². The molecule has 7 nitrogen and oxygen atoms in total. The minimum Gasteiger partial charge on any atom is -0.465 e. The fraction of sp³-hybridized carbons (Fsp3) is 0.417. The lowest BCUT2D eigenvalue weighted by Gasteiger charge is -2.24. The quantitative estimate of drug-likeness (QED) is 0.655. The number of nitro benzene ring substituents is 1. The number of carbonyl (C=O) groups is 1. The highest BCUT2D eigenvalue weighted by atomic mass is 19.4. The molecule has 0 aliphatic heterocycles. The third-order valence-electron chi connectivity index (χ3n) is 3.33. The van der Waals surface area contributed by atoms with Crippen molar-refractivity contribution in [2.75, 3.05) is 17.3 Å². The molecule has 0 radical (unpaired) electrons. The van der Waals surface area contributed by atoms with E-state index in [0.717, 1.165) is 6.07 Å². The van der Waals surface area contributed by atoms with Crippen LogP contribution in [0.5, 0.6) is 0 Å². The average molecular weight is 319 g/mol. The van der Waals surface area contributed by atoms with Crippen LogP contribution in [0.1, 0.15) is 18.4 Å². The van der Waals surface area contributed by atoms with Crippen molar-refractivity contribution in [2.24, 2.45) is 0 Å². The number of anilines is 2. The van der Waals surface area contributed by atoms with Crippen molar-refractivity contribution in [3.8, 4) is 0 Å². The number of rotatable bonds is 4. The van der Waals surface area contributed by atoms with Crippen LogP contribution in [0.25, 0.3) is 0 Å². The molecule has 1 aliphatic carbocycles. The molecule has 1 aromatic rings. The Balaban J connectivity index is 2.62. The summed E-state index contributed by atoms with van der Waals surface area (Å²) in [6, 6.07) is 1.13. The van der Waals surface area contributed by atoms with Crippen LogP contribution in [-0.2, 0) is 6.18 Å². The SMILES string of the molecule is CN(c1cc(NC(=O)O)c([N+](=O)[O-])cc1C(F)(F)F)C1CC1. The zero-order valence-corrected chi connectivity index (χ0v) is 11.3. The second-order valence-corrected chi connectivity index (χ2v) is 4.91. The van der Waals surface area contributed by atoms with Crippen molar-refractivity contribution in [2.45, 2.75) is 25.1 Å². The first-order chi connectivity index (χ1) is 10.1. The number of nitro groups is 1. The summed E-state index contributed by atoms with van der Waals surface area (Å²) in [6.45, 7) is 0. The molecule has 1 aromatic carbocycles. The molecule has 0 unspecified atom stereocenters. The molecule has 0 aromatic heterocycles. The van der Waals surface area contributed by atoms with Crippen molar-refractivity contribution >= 4 is 23.2 Å². The van der Waals surface area contributed by atoms with Crippen molar-refractivity contribution in [1.82, 2.24) is 0 Å². The molecule has 22 heavy (non-hydrogen) atoms.